The molecule has 0 heterocycles. The van der Waals surface area contributed by atoms with Crippen LogP contribution in [0.15, 0.2) is 18.2 Å². The molecule has 86 valence electrons. The topological polar surface area (TPSA) is 26.3 Å². The van der Waals surface area contributed by atoms with Gasteiger partial charge < -0.3 is 4.74 Å². The van der Waals surface area contributed by atoms with Gasteiger partial charge in [0.15, 0.2) is 0 Å². The summed E-state index contributed by atoms with van der Waals surface area (Å²) in [5, 5.41) is 0. The molecule has 0 aromatic heterocycles. The molecule has 16 heavy (non-hydrogen) atoms. The Morgan fingerprint density at radius 3 is 2.69 bits per heavy atom. The average Bonchev–Trinajstić information content (AvgIpc) is 3.10. The molecule has 2 nitrogen and oxygen atoms in total. The number of methoxy groups -OCH3 is 1. The molecule has 1 fully saturated rings. The first kappa shape index (κ1) is 11.1. The molecular formula is C13H15FO2. The summed E-state index contributed by atoms with van der Waals surface area (Å²) >= 11 is 0. The Morgan fingerprint density at radius 1 is 1.50 bits per heavy atom. The largest absolute Gasteiger partial charge is 0.469 e. The van der Waals surface area contributed by atoms with Crippen LogP contribution in [0.5, 0.6) is 0 Å². The van der Waals surface area contributed by atoms with E-state index >= 15 is 0 Å². The van der Waals surface area contributed by atoms with Crippen molar-refractivity contribution in [1.29, 1.82) is 0 Å². The van der Waals surface area contributed by atoms with Crippen molar-refractivity contribution >= 4 is 5.97 Å². The zero-order valence-electron chi connectivity index (χ0n) is 9.50. The van der Waals surface area contributed by atoms with Crippen LogP contribution in [0.2, 0.25) is 0 Å². The second-order valence-corrected chi connectivity index (χ2v) is 4.30. The van der Waals surface area contributed by atoms with E-state index in [9.17, 15) is 9.18 Å². The lowest BCUT2D eigenvalue weighted by Gasteiger charge is -2.10. The summed E-state index contributed by atoms with van der Waals surface area (Å²) < 4.78 is 18.4. The number of benzene rings is 1. The van der Waals surface area contributed by atoms with Crippen molar-refractivity contribution in [2.24, 2.45) is 0 Å². The number of carbonyl (C=O) groups excluding carboxylic acids is 1. The second kappa shape index (κ2) is 4.24. The molecule has 1 saturated carbocycles. The Morgan fingerprint density at radius 2 is 2.19 bits per heavy atom. The van der Waals surface area contributed by atoms with E-state index in [1.165, 1.54) is 13.2 Å². The fourth-order valence-electron chi connectivity index (χ4n) is 1.85. The van der Waals surface area contributed by atoms with Crippen LogP contribution in [0.1, 0.15) is 42.7 Å². The monoisotopic (exact) mass is 222 g/mol. The molecule has 1 aliphatic rings. The van der Waals surface area contributed by atoms with E-state index in [1.54, 1.807) is 13.0 Å². The van der Waals surface area contributed by atoms with Crippen LogP contribution in [0.25, 0.3) is 0 Å². The second-order valence-electron chi connectivity index (χ2n) is 4.30. The molecule has 0 amide bonds. The smallest absolute Gasteiger partial charge is 0.312 e. The first-order chi connectivity index (χ1) is 7.63. The number of halogens is 1. The highest BCUT2D eigenvalue weighted by molar-refractivity contribution is 5.77. The van der Waals surface area contributed by atoms with Crippen LogP contribution < -0.4 is 0 Å². The molecule has 0 spiro atoms. The molecular weight excluding hydrogens is 207 g/mol. The Hall–Kier alpha value is -1.38. The van der Waals surface area contributed by atoms with Crippen molar-refractivity contribution in [1.82, 2.24) is 0 Å². The highest BCUT2D eigenvalue weighted by Gasteiger charge is 2.27. The standard InChI is InChI=1S/C13H15FO2/c1-8(13(15)16-2)10-5-6-11(9-3-4-9)12(14)7-10/h5-9H,3-4H2,1-2H3. The van der Waals surface area contributed by atoms with E-state index in [0.717, 1.165) is 18.4 Å². The molecule has 0 aliphatic heterocycles. The molecule has 1 aromatic carbocycles. The molecule has 0 saturated heterocycles. The Balaban J connectivity index is 2.23. The minimum absolute atomic E-state index is 0.198. The van der Waals surface area contributed by atoms with Crippen LogP contribution in [-0.4, -0.2) is 13.1 Å². The van der Waals surface area contributed by atoms with Crippen LogP contribution in [0.3, 0.4) is 0 Å². The minimum Gasteiger partial charge on any atom is -0.469 e. The van der Waals surface area contributed by atoms with E-state index in [1.807, 2.05) is 6.07 Å². The predicted molar refractivity (Wildman–Crippen MR) is 58.8 cm³/mol. The van der Waals surface area contributed by atoms with E-state index < -0.39 is 5.92 Å². The van der Waals surface area contributed by atoms with Gasteiger partial charge in [0.2, 0.25) is 0 Å². The maximum atomic E-state index is 13.7. The number of hydrogen-bond donors (Lipinski definition) is 0. The number of rotatable bonds is 3. The zero-order chi connectivity index (χ0) is 11.7. The average molecular weight is 222 g/mol. The van der Waals surface area contributed by atoms with Crippen molar-refractivity contribution in [3.8, 4) is 0 Å². The van der Waals surface area contributed by atoms with Crippen LogP contribution in [-0.2, 0) is 9.53 Å². The Bertz CT molecular complexity index is 410. The van der Waals surface area contributed by atoms with E-state index in [2.05, 4.69) is 4.74 Å². The van der Waals surface area contributed by atoms with E-state index in [4.69, 9.17) is 0 Å². The van der Waals surface area contributed by atoms with Gasteiger partial charge in [-0.15, -0.1) is 0 Å². The van der Waals surface area contributed by atoms with Crippen molar-refractivity contribution in [3.05, 3.63) is 35.1 Å². The van der Waals surface area contributed by atoms with Gasteiger partial charge in [-0.3, -0.25) is 4.79 Å². The summed E-state index contributed by atoms with van der Waals surface area (Å²) in [5.74, 6) is -0.551. The van der Waals surface area contributed by atoms with Gasteiger partial charge in [-0.1, -0.05) is 12.1 Å². The Kier molecular flexibility index (Phi) is 2.95. The lowest BCUT2D eigenvalue weighted by atomic mass is 9.98. The normalized spacial score (nSPS) is 16.9. The Labute approximate surface area is 94.4 Å². The molecule has 1 aromatic rings. The number of esters is 1. The maximum absolute atomic E-state index is 13.7. The lowest BCUT2D eigenvalue weighted by molar-refractivity contribution is -0.141. The summed E-state index contributed by atoms with van der Waals surface area (Å²) in [5.41, 5.74) is 1.45. The van der Waals surface area contributed by atoms with E-state index in [0.29, 0.717) is 11.5 Å². The van der Waals surface area contributed by atoms with Gasteiger partial charge in [0.1, 0.15) is 5.82 Å². The summed E-state index contributed by atoms with van der Waals surface area (Å²) in [6.07, 6.45) is 2.14. The quantitative estimate of drug-likeness (QED) is 0.735. The van der Waals surface area contributed by atoms with Gasteiger partial charge >= 0.3 is 5.97 Å². The molecule has 0 N–H and O–H groups in total. The molecule has 1 unspecified atom stereocenters. The summed E-state index contributed by atoms with van der Waals surface area (Å²) in [6, 6.07) is 5.06. The third kappa shape index (κ3) is 2.08. The third-order valence-corrected chi connectivity index (χ3v) is 3.10. The number of hydrogen-bond acceptors (Lipinski definition) is 2. The molecule has 0 radical (unpaired) electrons. The van der Waals surface area contributed by atoms with Gasteiger partial charge in [-0.2, -0.15) is 0 Å². The van der Waals surface area contributed by atoms with Crippen LogP contribution in [0, 0.1) is 5.82 Å². The van der Waals surface area contributed by atoms with Crippen molar-refractivity contribution < 1.29 is 13.9 Å². The number of ether oxygens (including phenoxy) is 1. The third-order valence-electron chi connectivity index (χ3n) is 3.10. The summed E-state index contributed by atoms with van der Waals surface area (Å²) in [7, 11) is 1.34. The van der Waals surface area contributed by atoms with Crippen molar-refractivity contribution in [2.75, 3.05) is 7.11 Å². The highest BCUT2D eigenvalue weighted by atomic mass is 19.1. The molecule has 3 heteroatoms. The molecule has 2 rings (SSSR count). The highest BCUT2D eigenvalue weighted by Crippen LogP contribution is 2.41. The van der Waals surface area contributed by atoms with Crippen molar-refractivity contribution in [3.63, 3.8) is 0 Å². The summed E-state index contributed by atoms with van der Waals surface area (Å²) in [4.78, 5) is 11.3. The zero-order valence-corrected chi connectivity index (χ0v) is 9.50. The summed E-state index contributed by atoms with van der Waals surface area (Å²) in [6.45, 7) is 1.72. The van der Waals surface area contributed by atoms with Gasteiger partial charge in [0.25, 0.3) is 0 Å². The predicted octanol–water partition coefficient (Wildman–Crippen LogP) is 2.98. The minimum atomic E-state index is -0.409. The molecule has 0 bridgehead atoms. The van der Waals surface area contributed by atoms with Gasteiger partial charge in [0.05, 0.1) is 13.0 Å². The van der Waals surface area contributed by atoms with E-state index in [-0.39, 0.29) is 11.8 Å². The first-order valence-corrected chi connectivity index (χ1v) is 5.50. The lowest BCUT2D eigenvalue weighted by Crippen LogP contribution is -2.11. The molecule has 1 atom stereocenters. The fraction of sp³-hybridized carbons (Fsp3) is 0.462. The van der Waals surface area contributed by atoms with Gasteiger partial charge in [-0.05, 0) is 42.9 Å². The van der Waals surface area contributed by atoms with Crippen molar-refractivity contribution in [2.45, 2.75) is 31.6 Å². The number of carbonyl (C=O) groups is 1. The first-order valence-electron chi connectivity index (χ1n) is 5.50. The molecule has 1 aliphatic carbocycles. The SMILES string of the molecule is COC(=O)C(C)c1ccc(C2CC2)c(F)c1. The maximum Gasteiger partial charge on any atom is 0.312 e. The fourth-order valence-corrected chi connectivity index (χ4v) is 1.85. The van der Waals surface area contributed by atoms with Gasteiger partial charge in [-0.25, -0.2) is 4.39 Å². The van der Waals surface area contributed by atoms with Crippen LogP contribution >= 0.6 is 0 Å². The van der Waals surface area contributed by atoms with Gasteiger partial charge in [0, 0.05) is 0 Å². The van der Waals surface area contributed by atoms with Crippen LogP contribution in [0.4, 0.5) is 4.39 Å².